The molecule has 4 nitrogen and oxygen atoms in total. The standard InChI is InChI=1S/C13H15N3O/c1-10(11-6-3-4-9-14-11)15-12-7-5-8-13(16-12)17-2/h3-10H,1-2H3,(H,15,16)/t10-/m0/s1. The minimum Gasteiger partial charge on any atom is -0.481 e. The third-order valence-corrected chi connectivity index (χ3v) is 2.43. The van der Waals surface area contributed by atoms with Crippen LogP contribution < -0.4 is 10.1 Å². The molecule has 2 aromatic heterocycles. The normalized spacial score (nSPS) is 11.9. The molecule has 0 aliphatic rings. The number of rotatable bonds is 4. The average molecular weight is 229 g/mol. The van der Waals surface area contributed by atoms with E-state index in [1.54, 1.807) is 13.3 Å². The Hall–Kier alpha value is -2.10. The van der Waals surface area contributed by atoms with Crippen molar-refractivity contribution < 1.29 is 4.74 Å². The largest absolute Gasteiger partial charge is 0.481 e. The van der Waals surface area contributed by atoms with E-state index < -0.39 is 0 Å². The lowest BCUT2D eigenvalue weighted by atomic mass is 10.2. The van der Waals surface area contributed by atoms with Gasteiger partial charge in [0.15, 0.2) is 0 Å². The van der Waals surface area contributed by atoms with Crippen LogP contribution in [0, 0.1) is 0 Å². The number of aromatic nitrogens is 2. The van der Waals surface area contributed by atoms with Crippen LogP contribution in [0.1, 0.15) is 18.7 Å². The van der Waals surface area contributed by atoms with E-state index in [1.807, 2.05) is 43.3 Å². The fourth-order valence-corrected chi connectivity index (χ4v) is 1.54. The van der Waals surface area contributed by atoms with E-state index in [0.29, 0.717) is 5.88 Å². The van der Waals surface area contributed by atoms with Crippen LogP contribution in [0.3, 0.4) is 0 Å². The first-order chi connectivity index (χ1) is 8.29. The van der Waals surface area contributed by atoms with Gasteiger partial charge in [0.1, 0.15) is 5.82 Å². The SMILES string of the molecule is COc1cccc(N[C@@H](C)c2ccccn2)n1. The second kappa shape index (κ2) is 5.30. The Kier molecular flexibility index (Phi) is 3.55. The van der Waals surface area contributed by atoms with Gasteiger partial charge < -0.3 is 10.1 Å². The molecule has 0 saturated carbocycles. The van der Waals surface area contributed by atoms with Gasteiger partial charge >= 0.3 is 0 Å². The molecule has 88 valence electrons. The van der Waals surface area contributed by atoms with Crippen molar-refractivity contribution in [3.05, 3.63) is 48.3 Å². The molecular weight excluding hydrogens is 214 g/mol. The molecule has 4 heteroatoms. The molecule has 0 aromatic carbocycles. The van der Waals surface area contributed by atoms with E-state index in [1.165, 1.54) is 0 Å². The van der Waals surface area contributed by atoms with Crippen LogP contribution in [0.25, 0.3) is 0 Å². The number of pyridine rings is 2. The lowest BCUT2D eigenvalue weighted by Crippen LogP contribution is -2.09. The summed E-state index contributed by atoms with van der Waals surface area (Å²) in [5.74, 6) is 1.38. The minimum absolute atomic E-state index is 0.107. The van der Waals surface area contributed by atoms with E-state index >= 15 is 0 Å². The highest BCUT2D eigenvalue weighted by Gasteiger charge is 2.06. The van der Waals surface area contributed by atoms with Crippen molar-refractivity contribution >= 4 is 5.82 Å². The molecule has 0 aliphatic heterocycles. The fraction of sp³-hybridized carbons (Fsp3) is 0.231. The first-order valence-corrected chi connectivity index (χ1v) is 5.48. The van der Waals surface area contributed by atoms with Crippen LogP contribution in [0.4, 0.5) is 5.82 Å². The summed E-state index contributed by atoms with van der Waals surface area (Å²) in [6.07, 6.45) is 1.78. The topological polar surface area (TPSA) is 47.0 Å². The molecular formula is C13H15N3O. The van der Waals surface area contributed by atoms with Gasteiger partial charge in [-0.15, -0.1) is 0 Å². The maximum absolute atomic E-state index is 5.08. The van der Waals surface area contributed by atoms with Crippen LogP contribution in [0.15, 0.2) is 42.6 Å². The highest BCUT2D eigenvalue weighted by Crippen LogP contribution is 2.17. The Labute approximate surface area is 101 Å². The number of hydrogen-bond acceptors (Lipinski definition) is 4. The summed E-state index contributed by atoms with van der Waals surface area (Å²) in [7, 11) is 1.61. The van der Waals surface area contributed by atoms with E-state index in [9.17, 15) is 0 Å². The summed E-state index contributed by atoms with van der Waals surface area (Å²) in [4.78, 5) is 8.59. The van der Waals surface area contributed by atoms with E-state index in [0.717, 1.165) is 11.5 Å². The molecule has 0 spiro atoms. The summed E-state index contributed by atoms with van der Waals surface area (Å²) in [6, 6.07) is 11.6. The number of hydrogen-bond donors (Lipinski definition) is 1. The second-order valence-corrected chi connectivity index (χ2v) is 3.69. The van der Waals surface area contributed by atoms with Crippen LogP contribution in [0.5, 0.6) is 5.88 Å². The van der Waals surface area contributed by atoms with Gasteiger partial charge in [-0.1, -0.05) is 12.1 Å². The quantitative estimate of drug-likeness (QED) is 0.875. The summed E-state index contributed by atoms with van der Waals surface area (Å²) < 4.78 is 5.08. The van der Waals surface area contributed by atoms with Crippen molar-refractivity contribution in [2.45, 2.75) is 13.0 Å². The molecule has 0 aliphatic carbocycles. The van der Waals surface area contributed by atoms with Gasteiger partial charge in [0.05, 0.1) is 18.8 Å². The van der Waals surface area contributed by atoms with Crippen molar-refractivity contribution in [2.75, 3.05) is 12.4 Å². The molecule has 2 rings (SSSR count). The first-order valence-electron chi connectivity index (χ1n) is 5.48. The molecule has 1 N–H and O–H groups in total. The molecule has 2 aromatic rings. The molecule has 0 saturated heterocycles. The van der Waals surface area contributed by atoms with Gasteiger partial charge in [0, 0.05) is 12.3 Å². The maximum Gasteiger partial charge on any atom is 0.214 e. The number of methoxy groups -OCH3 is 1. The van der Waals surface area contributed by atoms with E-state index in [-0.39, 0.29) is 6.04 Å². The Morgan fingerprint density at radius 2 is 2.06 bits per heavy atom. The second-order valence-electron chi connectivity index (χ2n) is 3.69. The Bertz CT molecular complexity index is 473. The van der Waals surface area contributed by atoms with Crippen LogP contribution in [0.2, 0.25) is 0 Å². The van der Waals surface area contributed by atoms with Crippen LogP contribution in [-0.2, 0) is 0 Å². The van der Waals surface area contributed by atoms with Gasteiger partial charge in [-0.2, -0.15) is 4.98 Å². The zero-order chi connectivity index (χ0) is 12.1. The van der Waals surface area contributed by atoms with Gasteiger partial charge in [0.2, 0.25) is 5.88 Å². The van der Waals surface area contributed by atoms with E-state index in [4.69, 9.17) is 4.74 Å². The van der Waals surface area contributed by atoms with Crippen LogP contribution in [-0.4, -0.2) is 17.1 Å². The zero-order valence-corrected chi connectivity index (χ0v) is 9.92. The molecule has 0 unspecified atom stereocenters. The highest BCUT2D eigenvalue weighted by atomic mass is 16.5. The summed E-state index contributed by atoms with van der Waals surface area (Å²) in [6.45, 7) is 2.05. The molecule has 0 amide bonds. The predicted molar refractivity (Wildman–Crippen MR) is 67.1 cm³/mol. The Morgan fingerprint density at radius 3 is 2.76 bits per heavy atom. The Balaban J connectivity index is 2.10. The lowest BCUT2D eigenvalue weighted by molar-refractivity contribution is 0.398. The van der Waals surface area contributed by atoms with Crippen molar-refractivity contribution in [1.82, 2.24) is 9.97 Å². The van der Waals surface area contributed by atoms with E-state index in [2.05, 4.69) is 15.3 Å². The smallest absolute Gasteiger partial charge is 0.214 e. The third kappa shape index (κ3) is 2.93. The highest BCUT2D eigenvalue weighted by molar-refractivity contribution is 5.39. The average Bonchev–Trinajstić information content (AvgIpc) is 2.40. The Morgan fingerprint density at radius 1 is 1.18 bits per heavy atom. The number of nitrogens with one attached hydrogen (secondary N) is 1. The fourth-order valence-electron chi connectivity index (χ4n) is 1.54. The number of nitrogens with zero attached hydrogens (tertiary/aromatic N) is 2. The van der Waals surface area contributed by atoms with Gasteiger partial charge in [-0.3, -0.25) is 4.98 Å². The molecule has 17 heavy (non-hydrogen) atoms. The minimum atomic E-state index is 0.107. The molecule has 2 heterocycles. The number of ether oxygens (including phenoxy) is 1. The third-order valence-electron chi connectivity index (χ3n) is 2.43. The van der Waals surface area contributed by atoms with Crippen LogP contribution >= 0.6 is 0 Å². The summed E-state index contributed by atoms with van der Waals surface area (Å²) >= 11 is 0. The van der Waals surface area contributed by atoms with Crippen molar-refractivity contribution in [1.29, 1.82) is 0 Å². The summed E-state index contributed by atoms with van der Waals surface area (Å²) in [5.41, 5.74) is 0.983. The van der Waals surface area contributed by atoms with Gasteiger partial charge in [-0.05, 0) is 25.1 Å². The van der Waals surface area contributed by atoms with Gasteiger partial charge in [0.25, 0.3) is 0 Å². The van der Waals surface area contributed by atoms with Crippen molar-refractivity contribution in [3.63, 3.8) is 0 Å². The molecule has 0 radical (unpaired) electrons. The molecule has 0 fully saturated rings. The number of anilines is 1. The lowest BCUT2D eigenvalue weighted by Gasteiger charge is -2.14. The molecule has 1 atom stereocenters. The summed E-state index contributed by atoms with van der Waals surface area (Å²) in [5, 5.41) is 3.28. The van der Waals surface area contributed by atoms with Crippen molar-refractivity contribution in [2.24, 2.45) is 0 Å². The molecule has 0 bridgehead atoms. The first kappa shape index (κ1) is 11.4. The van der Waals surface area contributed by atoms with Gasteiger partial charge in [-0.25, -0.2) is 0 Å². The maximum atomic E-state index is 5.08. The zero-order valence-electron chi connectivity index (χ0n) is 9.92. The monoisotopic (exact) mass is 229 g/mol. The predicted octanol–water partition coefficient (Wildman–Crippen LogP) is 2.66. The van der Waals surface area contributed by atoms with Crippen molar-refractivity contribution in [3.8, 4) is 5.88 Å².